The molecule has 0 aliphatic carbocycles. The third kappa shape index (κ3) is 5.20. The van der Waals surface area contributed by atoms with Gasteiger partial charge in [0.05, 0.1) is 17.4 Å². The molecule has 0 atom stereocenters. The van der Waals surface area contributed by atoms with Crippen LogP contribution in [0.25, 0.3) is 33.4 Å². The van der Waals surface area contributed by atoms with E-state index in [0.29, 0.717) is 0 Å². The van der Waals surface area contributed by atoms with Crippen molar-refractivity contribution in [1.82, 2.24) is 24.6 Å². The van der Waals surface area contributed by atoms with E-state index in [0.717, 1.165) is 83.4 Å². The van der Waals surface area contributed by atoms with Crippen molar-refractivity contribution in [2.24, 2.45) is 7.05 Å². The second-order valence-electron chi connectivity index (χ2n) is 9.75. The standard InChI is InChI=1S/C30H31N5OS/c1-21-17-28(33-36-21)25-7-6-22-10-14-35(15-11-23(22)18-25)13-4-16-37-30-32-20-29(34(30)2)26-8-9-27-24(19-26)5-3-12-31-27/h3,5-9,12,17-20H,4,10-11,13-16H2,1-2H3. The Balaban J connectivity index is 1.02. The first-order valence-electron chi connectivity index (χ1n) is 12.9. The van der Waals surface area contributed by atoms with Crippen LogP contribution in [0.3, 0.4) is 0 Å². The molecule has 0 saturated heterocycles. The number of hydrogen-bond donors (Lipinski definition) is 0. The monoisotopic (exact) mass is 509 g/mol. The molecule has 0 unspecified atom stereocenters. The topological polar surface area (TPSA) is 60.0 Å². The molecule has 188 valence electrons. The molecule has 0 N–H and O–H groups in total. The Morgan fingerprint density at radius 3 is 2.68 bits per heavy atom. The average Bonchev–Trinajstić information content (AvgIpc) is 3.46. The predicted octanol–water partition coefficient (Wildman–Crippen LogP) is 6.18. The predicted molar refractivity (Wildman–Crippen MR) is 150 cm³/mol. The molecule has 0 fully saturated rings. The van der Waals surface area contributed by atoms with Gasteiger partial charge in [-0.25, -0.2) is 4.98 Å². The van der Waals surface area contributed by atoms with Crippen molar-refractivity contribution >= 4 is 22.7 Å². The Kier molecular flexibility index (Phi) is 6.81. The van der Waals surface area contributed by atoms with E-state index >= 15 is 0 Å². The SMILES string of the molecule is Cc1cc(-c2ccc3c(c2)CCN(CCCSc2ncc(-c4ccc5ncccc5c4)n2C)CC3)no1. The minimum atomic E-state index is 0.849. The van der Waals surface area contributed by atoms with E-state index < -0.39 is 0 Å². The molecule has 0 saturated carbocycles. The van der Waals surface area contributed by atoms with Crippen molar-refractivity contribution in [3.63, 3.8) is 0 Å². The molecule has 6 nitrogen and oxygen atoms in total. The molecule has 1 aliphatic rings. The van der Waals surface area contributed by atoms with E-state index in [-0.39, 0.29) is 0 Å². The highest BCUT2D eigenvalue weighted by atomic mass is 32.2. The zero-order valence-electron chi connectivity index (χ0n) is 21.4. The Morgan fingerprint density at radius 2 is 1.81 bits per heavy atom. The zero-order chi connectivity index (χ0) is 25.2. The van der Waals surface area contributed by atoms with E-state index in [4.69, 9.17) is 9.51 Å². The fourth-order valence-electron chi connectivity index (χ4n) is 5.14. The first kappa shape index (κ1) is 23.9. The van der Waals surface area contributed by atoms with Gasteiger partial charge in [0.2, 0.25) is 0 Å². The van der Waals surface area contributed by atoms with Gasteiger partial charge < -0.3 is 14.0 Å². The summed E-state index contributed by atoms with van der Waals surface area (Å²) >= 11 is 1.85. The summed E-state index contributed by atoms with van der Waals surface area (Å²) in [6.45, 7) is 5.27. The highest BCUT2D eigenvalue weighted by Crippen LogP contribution is 2.28. The van der Waals surface area contributed by atoms with Gasteiger partial charge in [-0.15, -0.1) is 0 Å². The summed E-state index contributed by atoms with van der Waals surface area (Å²) < 4.78 is 7.48. The minimum Gasteiger partial charge on any atom is -0.361 e. The summed E-state index contributed by atoms with van der Waals surface area (Å²) in [5.74, 6) is 1.91. The average molecular weight is 510 g/mol. The molecule has 5 aromatic rings. The fraction of sp³-hybridized carbons (Fsp3) is 0.300. The smallest absolute Gasteiger partial charge is 0.168 e. The van der Waals surface area contributed by atoms with Gasteiger partial charge in [0.25, 0.3) is 0 Å². The van der Waals surface area contributed by atoms with Gasteiger partial charge in [-0.2, -0.15) is 0 Å². The molecule has 3 aromatic heterocycles. The van der Waals surface area contributed by atoms with Crippen molar-refractivity contribution in [2.75, 3.05) is 25.4 Å². The molecule has 0 radical (unpaired) electrons. The van der Waals surface area contributed by atoms with Gasteiger partial charge in [-0.05, 0) is 68.1 Å². The Labute approximate surface area is 221 Å². The van der Waals surface area contributed by atoms with E-state index in [1.165, 1.54) is 16.7 Å². The van der Waals surface area contributed by atoms with Crippen LogP contribution in [0.15, 0.2) is 76.7 Å². The fourth-order valence-corrected chi connectivity index (χ4v) is 6.01. The summed E-state index contributed by atoms with van der Waals surface area (Å²) in [5, 5.41) is 6.41. The molecule has 1 aliphatic heterocycles. The van der Waals surface area contributed by atoms with Crippen molar-refractivity contribution in [1.29, 1.82) is 0 Å². The van der Waals surface area contributed by atoms with Crippen molar-refractivity contribution in [2.45, 2.75) is 31.3 Å². The molecule has 0 bridgehead atoms. The quantitative estimate of drug-likeness (QED) is 0.193. The van der Waals surface area contributed by atoms with E-state index in [1.54, 1.807) is 0 Å². The number of aryl methyl sites for hydroxylation is 1. The van der Waals surface area contributed by atoms with Gasteiger partial charge in [-0.3, -0.25) is 4.98 Å². The van der Waals surface area contributed by atoms with Crippen molar-refractivity contribution in [3.8, 4) is 22.5 Å². The molecular formula is C30H31N5OS. The van der Waals surface area contributed by atoms with Crippen LogP contribution >= 0.6 is 11.8 Å². The summed E-state index contributed by atoms with van der Waals surface area (Å²) in [6, 6.07) is 19.3. The lowest BCUT2D eigenvalue weighted by molar-refractivity contribution is 0.289. The maximum atomic E-state index is 5.27. The van der Waals surface area contributed by atoms with Crippen LogP contribution in [0, 0.1) is 6.92 Å². The second-order valence-corrected chi connectivity index (χ2v) is 10.8. The largest absolute Gasteiger partial charge is 0.361 e. The van der Waals surface area contributed by atoms with Crippen LogP contribution in [-0.2, 0) is 19.9 Å². The molecule has 2 aromatic carbocycles. The Bertz CT molecular complexity index is 1540. The molecule has 6 rings (SSSR count). The molecule has 0 amide bonds. The maximum absolute atomic E-state index is 5.27. The number of imidazole rings is 1. The highest BCUT2D eigenvalue weighted by Gasteiger charge is 2.16. The Hall–Kier alpha value is -3.42. The summed E-state index contributed by atoms with van der Waals surface area (Å²) in [4.78, 5) is 11.8. The number of fused-ring (bicyclic) bond motifs is 2. The van der Waals surface area contributed by atoms with E-state index in [2.05, 4.69) is 69.1 Å². The molecular weight excluding hydrogens is 478 g/mol. The van der Waals surface area contributed by atoms with Crippen LogP contribution in [0.4, 0.5) is 0 Å². The summed E-state index contributed by atoms with van der Waals surface area (Å²) in [6.07, 6.45) is 7.15. The van der Waals surface area contributed by atoms with Gasteiger partial charge in [0.15, 0.2) is 5.16 Å². The number of rotatable bonds is 7. The number of pyridine rings is 1. The van der Waals surface area contributed by atoms with Crippen molar-refractivity contribution < 1.29 is 4.52 Å². The lowest BCUT2D eigenvalue weighted by Crippen LogP contribution is -2.27. The first-order chi connectivity index (χ1) is 18.1. The normalized spacial score (nSPS) is 14.1. The molecule has 37 heavy (non-hydrogen) atoms. The lowest BCUT2D eigenvalue weighted by atomic mass is 9.99. The third-order valence-electron chi connectivity index (χ3n) is 7.22. The number of nitrogens with zero attached hydrogens (tertiary/aromatic N) is 5. The van der Waals surface area contributed by atoms with Crippen LogP contribution in [-0.4, -0.2) is 50.0 Å². The van der Waals surface area contributed by atoms with E-state index in [1.807, 2.05) is 43.2 Å². The van der Waals surface area contributed by atoms with E-state index in [9.17, 15) is 0 Å². The molecule has 0 spiro atoms. The first-order valence-corrected chi connectivity index (χ1v) is 13.9. The summed E-state index contributed by atoms with van der Waals surface area (Å²) in [7, 11) is 2.11. The molecule has 7 heteroatoms. The number of hydrogen-bond acceptors (Lipinski definition) is 6. The van der Waals surface area contributed by atoms with Crippen LogP contribution in [0.2, 0.25) is 0 Å². The van der Waals surface area contributed by atoms with Crippen LogP contribution < -0.4 is 0 Å². The highest BCUT2D eigenvalue weighted by molar-refractivity contribution is 7.99. The van der Waals surface area contributed by atoms with Gasteiger partial charge in [0, 0.05) is 54.7 Å². The zero-order valence-corrected chi connectivity index (χ0v) is 22.2. The van der Waals surface area contributed by atoms with Crippen LogP contribution in [0.5, 0.6) is 0 Å². The minimum absolute atomic E-state index is 0.849. The third-order valence-corrected chi connectivity index (χ3v) is 8.35. The Morgan fingerprint density at radius 1 is 0.946 bits per heavy atom. The second kappa shape index (κ2) is 10.5. The van der Waals surface area contributed by atoms with Gasteiger partial charge >= 0.3 is 0 Å². The number of thioether (sulfide) groups is 1. The molecule has 4 heterocycles. The lowest BCUT2D eigenvalue weighted by Gasteiger charge is -2.19. The number of aromatic nitrogens is 4. The van der Waals surface area contributed by atoms with Gasteiger partial charge in [-0.1, -0.05) is 41.2 Å². The van der Waals surface area contributed by atoms with Gasteiger partial charge in [0.1, 0.15) is 11.5 Å². The van der Waals surface area contributed by atoms with Crippen LogP contribution in [0.1, 0.15) is 23.3 Å². The maximum Gasteiger partial charge on any atom is 0.168 e. The number of benzene rings is 2. The van der Waals surface area contributed by atoms with Crippen molar-refractivity contribution in [3.05, 3.63) is 83.9 Å². The summed E-state index contributed by atoms with van der Waals surface area (Å²) in [5.41, 5.74) is 8.31.